The molecule has 6 nitrogen and oxygen atoms in total. The van der Waals surface area contributed by atoms with Crippen molar-refractivity contribution in [2.24, 2.45) is 0 Å². The molecular formula is C20H23N3O3. The largest absolute Gasteiger partial charge is 0.505 e. The van der Waals surface area contributed by atoms with Crippen molar-refractivity contribution in [1.29, 1.82) is 0 Å². The fourth-order valence-corrected chi connectivity index (χ4v) is 2.72. The van der Waals surface area contributed by atoms with Crippen molar-refractivity contribution in [2.75, 3.05) is 0 Å². The maximum Gasteiger partial charge on any atom is 0.305 e. The van der Waals surface area contributed by atoms with Crippen LogP contribution in [0.5, 0.6) is 5.75 Å². The Labute approximate surface area is 152 Å². The average molecular weight is 353 g/mol. The molecule has 6 heteroatoms. The van der Waals surface area contributed by atoms with E-state index in [-0.39, 0.29) is 23.7 Å². The third kappa shape index (κ3) is 3.54. The third-order valence-electron chi connectivity index (χ3n) is 4.15. The average Bonchev–Trinajstić information content (AvgIpc) is 3.03. The molecule has 0 atom stereocenters. The second-order valence-electron chi connectivity index (χ2n) is 7.25. The first-order valence-electron chi connectivity index (χ1n) is 8.64. The van der Waals surface area contributed by atoms with Gasteiger partial charge in [0.2, 0.25) is 0 Å². The van der Waals surface area contributed by atoms with Crippen molar-refractivity contribution >= 4 is 17.0 Å². The van der Waals surface area contributed by atoms with Gasteiger partial charge in [0.15, 0.2) is 0 Å². The van der Waals surface area contributed by atoms with Crippen molar-refractivity contribution in [2.45, 2.75) is 46.1 Å². The van der Waals surface area contributed by atoms with Gasteiger partial charge >= 0.3 is 5.97 Å². The summed E-state index contributed by atoms with van der Waals surface area (Å²) in [4.78, 5) is 12.9. The number of carbonyl (C=O) groups excluding carboxylic acids is 1. The molecule has 0 aliphatic rings. The number of aromatic nitrogens is 3. The van der Waals surface area contributed by atoms with Crippen LogP contribution in [-0.2, 0) is 21.6 Å². The molecule has 136 valence electrons. The number of fused-ring (bicyclic) bond motifs is 1. The fraction of sp³-hybridized carbons (Fsp3) is 0.350. The lowest BCUT2D eigenvalue weighted by Crippen LogP contribution is -2.14. The number of esters is 1. The van der Waals surface area contributed by atoms with Gasteiger partial charge in [-0.05, 0) is 35.2 Å². The summed E-state index contributed by atoms with van der Waals surface area (Å²) in [5, 5.41) is 19.8. The Bertz CT molecular complexity index is 922. The van der Waals surface area contributed by atoms with Gasteiger partial charge < -0.3 is 9.84 Å². The standard InChI is InChI=1S/C20H23N3O3/c1-5-18(24)26-12-13-10-14(20(2,3)4)19(25)17(11-13)23-21-15-8-6-7-9-16(15)22-23/h6-11,25H,5,12H2,1-4H3. The van der Waals surface area contributed by atoms with E-state index in [0.717, 1.165) is 22.2 Å². The summed E-state index contributed by atoms with van der Waals surface area (Å²) < 4.78 is 5.26. The van der Waals surface area contributed by atoms with E-state index in [1.54, 1.807) is 13.0 Å². The topological polar surface area (TPSA) is 77.2 Å². The Morgan fingerprint density at radius 1 is 1.15 bits per heavy atom. The highest BCUT2D eigenvalue weighted by atomic mass is 16.5. The van der Waals surface area contributed by atoms with E-state index >= 15 is 0 Å². The molecule has 0 bridgehead atoms. The van der Waals surface area contributed by atoms with Crippen LogP contribution in [0.2, 0.25) is 0 Å². The molecule has 0 aliphatic heterocycles. The molecule has 0 radical (unpaired) electrons. The van der Waals surface area contributed by atoms with E-state index in [4.69, 9.17) is 4.74 Å². The highest BCUT2D eigenvalue weighted by molar-refractivity contribution is 5.74. The molecule has 0 spiro atoms. The van der Waals surface area contributed by atoms with Crippen molar-refractivity contribution < 1.29 is 14.6 Å². The number of hydrogen-bond acceptors (Lipinski definition) is 5. The lowest BCUT2D eigenvalue weighted by atomic mass is 9.85. The number of phenols is 1. The number of benzene rings is 2. The van der Waals surface area contributed by atoms with Gasteiger partial charge in [-0.3, -0.25) is 4.79 Å². The number of ether oxygens (including phenoxy) is 1. The van der Waals surface area contributed by atoms with E-state index in [9.17, 15) is 9.90 Å². The normalized spacial score (nSPS) is 11.7. The number of nitrogens with zero attached hydrogens (tertiary/aromatic N) is 3. The van der Waals surface area contributed by atoms with Crippen molar-refractivity contribution in [3.05, 3.63) is 47.5 Å². The Morgan fingerprint density at radius 2 is 1.77 bits per heavy atom. The van der Waals surface area contributed by atoms with Gasteiger partial charge in [-0.25, -0.2) is 0 Å². The molecule has 0 aliphatic carbocycles. The highest BCUT2D eigenvalue weighted by Gasteiger charge is 2.23. The first-order valence-corrected chi connectivity index (χ1v) is 8.64. The maximum atomic E-state index is 11.5. The van der Waals surface area contributed by atoms with Gasteiger partial charge in [0, 0.05) is 12.0 Å². The molecule has 1 aromatic heterocycles. The van der Waals surface area contributed by atoms with Gasteiger partial charge in [0.1, 0.15) is 29.1 Å². The zero-order valence-corrected chi connectivity index (χ0v) is 15.5. The second-order valence-corrected chi connectivity index (χ2v) is 7.25. The molecule has 3 aromatic rings. The Morgan fingerprint density at radius 3 is 2.31 bits per heavy atom. The van der Waals surface area contributed by atoms with Crippen LogP contribution in [0.4, 0.5) is 0 Å². The van der Waals surface area contributed by atoms with Crippen molar-refractivity contribution in [3.8, 4) is 11.4 Å². The molecule has 1 N–H and O–H groups in total. The van der Waals surface area contributed by atoms with Gasteiger partial charge in [-0.1, -0.05) is 39.8 Å². The quantitative estimate of drug-likeness (QED) is 0.720. The molecule has 0 amide bonds. The molecule has 1 heterocycles. The predicted molar refractivity (Wildman–Crippen MR) is 99.3 cm³/mol. The Kier molecular flexibility index (Phi) is 4.68. The number of carbonyl (C=O) groups is 1. The van der Waals surface area contributed by atoms with Gasteiger partial charge in [-0.2, -0.15) is 0 Å². The minimum absolute atomic E-state index is 0.128. The number of rotatable bonds is 4. The molecule has 0 saturated carbocycles. The lowest BCUT2D eigenvalue weighted by molar-refractivity contribution is -0.144. The van der Waals surface area contributed by atoms with Crippen LogP contribution in [0.15, 0.2) is 36.4 Å². The minimum Gasteiger partial charge on any atom is -0.505 e. The lowest BCUT2D eigenvalue weighted by Gasteiger charge is -2.23. The number of aromatic hydroxyl groups is 1. The number of hydrogen-bond donors (Lipinski definition) is 1. The minimum atomic E-state index is -0.295. The zero-order valence-electron chi connectivity index (χ0n) is 15.5. The zero-order chi connectivity index (χ0) is 18.9. The Hall–Kier alpha value is -2.89. The second kappa shape index (κ2) is 6.78. The van der Waals surface area contributed by atoms with Crippen molar-refractivity contribution in [3.63, 3.8) is 0 Å². The van der Waals surface area contributed by atoms with Crippen LogP contribution >= 0.6 is 0 Å². The fourth-order valence-electron chi connectivity index (χ4n) is 2.72. The summed E-state index contributed by atoms with van der Waals surface area (Å²) in [6.45, 7) is 7.94. The molecular weight excluding hydrogens is 330 g/mol. The van der Waals surface area contributed by atoms with E-state index in [1.165, 1.54) is 4.80 Å². The van der Waals surface area contributed by atoms with Crippen LogP contribution in [0, 0.1) is 0 Å². The first kappa shape index (κ1) is 17.9. The maximum absolute atomic E-state index is 11.5. The molecule has 0 unspecified atom stereocenters. The van der Waals surface area contributed by atoms with E-state index in [2.05, 4.69) is 10.2 Å². The summed E-state index contributed by atoms with van der Waals surface area (Å²) in [6, 6.07) is 11.1. The summed E-state index contributed by atoms with van der Waals surface area (Å²) in [7, 11) is 0. The molecule has 3 rings (SSSR count). The van der Waals surface area contributed by atoms with E-state index in [1.807, 2.05) is 51.1 Å². The van der Waals surface area contributed by atoms with Crippen LogP contribution in [0.1, 0.15) is 45.2 Å². The Balaban J connectivity index is 2.11. The van der Waals surface area contributed by atoms with Crippen LogP contribution in [0.3, 0.4) is 0 Å². The molecule has 0 fully saturated rings. The summed E-state index contributed by atoms with van der Waals surface area (Å²) in [5.41, 5.74) is 3.19. The van der Waals surface area contributed by atoms with Gasteiger partial charge in [0.05, 0.1) is 0 Å². The van der Waals surface area contributed by atoms with Crippen LogP contribution < -0.4 is 0 Å². The van der Waals surface area contributed by atoms with E-state index < -0.39 is 0 Å². The summed E-state index contributed by atoms with van der Waals surface area (Å²) >= 11 is 0. The highest BCUT2D eigenvalue weighted by Crippen LogP contribution is 2.36. The molecule has 0 saturated heterocycles. The van der Waals surface area contributed by atoms with Gasteiger partial charge in [0.25, 0.3) is 0 Å². The molecule has 2 aromatic carbocycles. The monoisotopic (exact) mass is 353 g/mol. The SMILES string of the molecule is CCC(=O)OCc1cc(-n2nc3ccccc3n2)c(O)c(C(C)(C)C)c1. The van der Waals surface area contributed by atoms with E-state index in [0.29, 0.717) is 12.1 Å². The molecule has 26 heavy (non-hydrogen) atoms. The first-order chi connectivity index (χ1) is 12.3. The van der Waals surface area contributed by atoms with Crippen LogP contribution in [0.25, 0.3) is 16.7 Å². The predicted octanol–water partition coefficient (Wildman–Crippen LogP) is 3.88. The smallest absolute Gasteiger partial charge is 0.305 e. The number of phenolic OH excluding ortho intramolecular Hbond substituents is 1. The third-order valence-corrected chi connectivity index (χ3v) is 4.15. The van der Waals surface area contributed by atoms with Crippen LogP contribution in [-0.4, -0.2) is 26.1 Å². The van der Waals surface area contributed by atoms with Gasteiger partial charge in [-0.15, -0.1) is 15.0 Å². The summed E-state index contributed by atoms with van der Waals surface area (Å²) in [6.07, 6.45) is 0.323. The summed E-state index contributed by atoms with van der Waals surface area (Å²) in [5.74, 6) is -0.136. The van der Waals surface area contributed by atoms with Crippen molar-refractivity contribution in [1.82, 2.24) is 15.0 Å².